The Kier molecular flexibility index (Phi) is 6.92. The van der Waals surface area contributed by atoms with Crippen molar-refractivity contribution in [3.63, 3.8) is 0 Å². The summed E-state index contributed by atoms with van der Waals surface area (Å²) < 4.78 is 35.6. The van der Waals surface area contributed by atoms with Crippen LogP contribution in [-0.4, -0.2) is 41.6 Å². The molecule has 0 aliphatic rings. The molecular weight excluding hydrogens is 388 g/mol. The van der Waals surface area contributed by atoms with Crippen LogP contribution in [0.25, 0.3) is 5.69 Å². The van der Waals surface area contributed by atoms with Gasteiger partial charge < -0.3 is 25.1 Å². The van der Waals surface area contributed by atoms with Crippen LogP contribution in [0.2, 0.25) is 0 Å². The van der Waals surface area contributed by atoms with Crippen LogP contribution in [0.1, 0.15) is 28.7 Å². The van der Waals surface area contributed by atoms with Gasteiger partial charge in [-0.2, -0.15) is 8.78 Å². The third-order valence-corrected chi connectivity index (χ3v) is 4.11. The molecule has 0 fully saturated rings. The quantitative estimate of drug-likeness (QED) is 0.514. The summed E-state index contributed by atoms with van der Waals surface area (Å²) in [6.07, 6.45) is 0. The topological polar surface area (TPSA) is 113 Å². The Morgan fingerprint density at radius 2 is 1.79 bits per heavy atom. The number of ketones is 1. The summed E-state index contributed by atoms with van der Waals surface area (Å²) in [5.41, 5.74) is 7.25. The molecule has 0 bridgehead atoms. The van der Waals surface area contributed by atoms with E-state index in [4.69, 9.17) is 10.5 Å². The molecule has 2 aromatic rings. The molecule has 2 rings (SSSR count). The van der Waals surface area contributed by atoms with E-state index in [0.717, 1.165) is 5.69 Å². The zero-order valence-corrected chi connectivity index (χ0v) is 16.1. The second-order valence-electron chi connectivity index (χ2n) is 6.25. The number of alkyl halides is 2. The van der Waals surface area contributed by atoms with Gasteiger partial charge in [0, 0.05) is 22.6 Å². The van der Waals surface area contributed by atoms with Crippen LogP contribution < -0.4 is 15.8 Å². The molecule has 0 saturated heterocycles. The highest BCUT2D eigenvalue weighted by Gasteiger charge is 2.21. The van der Waals surface area contributed by atoms with E-state index in [9.17, 15) is 23.2 Å². The minimum atomic E-state index is -2.91. The van der Waals surface area contributed by atoms with Gasteiger partial charge in [0.1, 0.15) is 11.8 Å². The molecule has 3 N–H and O–H groups in total. The number of nitrogens with two attached hydrogens (primary N) is 1. The summed E-state index contributed by atoms with van der Waals surface area (Å²) in [6.45, 7) is 1.45. The first-order chi connectivity index (χ1) is 13.6. The number of halogens is 2. The fourth-order valence-corrected chi connectivity index (χ4v) is 2.83. The number of hydrogen-bond acceptors (Lipinski definition) is 5. The predicted octanol–water partition coefficient (Wildman–Crippen LogP) is 2.48. The molecule has 1 aromatic carbocycles. The monoisotopic (exact) mass is 409 g/mol. The number of benzene rings is 1. The van der Waals surface area contributed by atoms with Gasteiger partial charge in [-0.25, -0.2) is 9.59 Å². The standard InChI is InChI=1S/C19H21F2N3O5/c1-10-8-15(16(25)9-28-17(26)11(2)23-19(22)27)12(3)24(10)13-4-6-14(7-5-13)29-18(20)21/h4-8,11,18H,9H2,1-3H3,(H3,22,23,27)/t11-/m0/s1. The second kappa shape index (κ2) is 9.18. The summed E-state index contributed by atoms with van der Waals surface area (Å²) in [5.74, 6) is -1.20. The van der Waals surface area contributed by atoms with Gasteiger partial charge in [-0.3, -0.25) is 4.79 Å². The van der Waals surface area contributed by atoms with E-state index in [1.54, 1.807) is 36.6 Å². The first-order valence-corrected chi connectivity index (χ1v) is 8.60. The first kappa shape index (κ1) is 21.9. The van der Waals surface area contributed by atoms with Crippen molar-refractivity contribution in [2.75, 3.05) is 6.61 Å². The highest BCUT2D eigenvalue weighted by atomic mass is 19.3. The molecule has 1 heterocycles. The largest absolute Gasteiger partial charge is 0.456 e. The number of amides is 2. The summed E-state index contributed by atoms with van der Waals surface area (Å²) in [5, 5.41) is 2.16. The van der Waals surface area contributed by atoms with E-state index in [0.29, 0.717) is 16.9 Å². The van der Waals surface area contributed by atoms with Crippen LogP contribution in [-0.2, 0) is 9.53 Å². The van der Waals surface area contributed by atoms with Crippen LogP contribution in [0.5, 0.6) is 5.75 Å². The highest BCUT2D eigenvalue weighted by Crippen LogP contribution is 2.24. The van der Waals surface area contributed by atoms with Gasteiger partial charge in [-0.1, -0.05) is 0 Å². The maximum Gasteiger partial charge on any atom is 0.387 e. The van der Waals surface area contributed by atoms with Crippen molar-refractivity contribution in [1.82, 2.24) is 9.88 Å². The minimum absolute atomic E-state index is 0.0214. The maximum absolute atomic E-state index is 12.5. The molecule has 8 nitrogen and oxygen atoms in total. The number of aryl methyl sites for hydroxylation is 1. The van der Waals surface area contributed by atoms with E-state index >= 15 is 0 Å². The highest BCUT2D eigenvalue weighted by molar-refractivity contribution is 5.99. The number of nitrogens with zero attached hydrogens (tertiary/aromatic N) is 1. The zero-order chi connectivity index (χ0) is 21.7. The molecule has 1 aromatic heterocycles. The number of rotatable bonds is 8. The number of ether oxygens (including phenoxy) is 2. The predicted molar refractivity (Wildman–Crippen MR) is 99.3 cm³/mol. The van der Waals surface area contributed by atoms with Crippen molar-refractivity contribution in [1.29, 1.82) is 0 Å². The Hall–Kier alpha value is -3.43. The number of carbonyl (C=O) groups is 3. The van der Waals surface area contributed by atoms with Gasteiger partial charge in [0.2, 0.25) is 5.78 Å². The van der Waals surface area contributed by atoms with Crippen molar-refractivity contribution in [2.24, 2.45) is 5.73 Å². The number of primary amides is 1. The normalized spacial score (nSPS) is 11.8. The number of nitrogens with one attached hydrogen (secondary N) is 1. The molecule has 0 unspecified atom stereocenters. The third-order valence-electron chi connectivity index (χ3n) is 4.11. The Bertz CT molecular complexity index is 909. The van der Waals surface area contributed by atoms with Crippen molar-refractivity contribution in [2.45, 2.75) is 33.4 Å². The summed E-state index contributed by atoms with van der Waals surface area (Å²) in [6, 6.07) is 5.75. The van der Waals surface area contributed by atoms with Gasteiger partial charge in [0.25, 0.3) is 0 Å². The van der Waals surface area contributed by atoms with Gasteiger partial charge in [0.15, 0.2) is 6.61 Å². The van der Waals surface area contributed by atoms with Crippen LogP contribution in [0.15, 0.2) is 30.3 Å². The lowest BCUT2D eigenvalue weighted by Gasteiger charge is -2.12. The van der Waals surface area contributed by atoms with Crippen LogP contribution in [0.4, 0.5) is 13.6 Å². The third kappa shape index (κ3) is 5.53. The number of hydrogen-bond donors (Lipinski definition) is 2. The van der Waals surface area contributed by atoms with Gasteiger partial charge in [0.05, 0.1) is 0 Å². The van der Waals surface area contributed by atoms with Gasteiger partial charge in [-0.05, 0) is 51.1 Å². The molecule has 156 valence electrons. The lowest BCUT2D eigenvalue weighted by molar-refractivity contribution is -0.144. The average molecular weight is 409 g/mol. The number of esters is 1. The molecule has 0 saturated carbocycles. The van der Waals surface area contributed by atoms with E-state index in [1.165, 1.54) is 19.1 Å². The summed E-state index contributed by atoms with van der Waals surface area (Å²) in [4.78, 5) is 35.0. The fraction of sp³-hybridized carbons (Fsp3) is 0.316. The first-order valence-electron chi connectivity index (χ1n) is 8.60. The van der Waals surface area contributed by atoms with Crippen LogP contribution in [0, 0.1) is 13.8 Å². The van der Waals surface area contributed by atoms with E-state index < -0.39 is 37.0 Å². The Morgan fingerprint density at radius 3 is 2.34 bits per heavy atom. The van der Waals surface area contributed by atoms with Crippen molar-refractivity contribution in [3.05, 3.63) is 47.3 Å². The molecule has 0 aliphatic heterocycles. The van der Waals surface area contributed by atoms with Gasteiger partial charge in [-0.15, -0.1) is 0 Å². The van der Waals surface area contributed by atoms with E-state index in [-0.39, 0.29) is 5.75 Å². The summed E-state index contributed by atoms with van der Waals surface area (Å²) >= 11 is 0. The van der Waals surface area contributed by atoms with Crippen molar-refractivity contribution < 1.29 is 32.6 Å². The van der Waals surface area contributed by atoms with E-state index in [2.05, 4.69) is 10.1 Å². The van der Waals surface area contributed by atoms with Crippen LogP contribution >= 0.6 is 0 Å². The number of Topliss-reactive ketones (excluding diaryl/α,β-unsaturated/α-hetero) is 1. The molecule has 1 atom stereocenters. The maximum atomic E-state index is 12.5. The smallest absolute Gasteiger partial charge is 0.387 e. The minimum Gasteiger partial charge on any atom is -0.456 e. The molecular formula is C19H21F2N3O5. The molecule has 10 heteroatoms. The van der Waals surface area contributed by atoms with E-state index in [1.807, 2.05) is 0 Å². The van der Waals surface area contributed by atoms with Crippen LogP contribution in [0.3, 0.4) is 0 Å². The fourth-order valence-electron chi connectivity index (χ4n) is 2.83. The molecule has 2 amide bonds. The van der Waals surface area contributed by atoms with Crippen molar-refractivity contribution in [3.8, 4) is 11.4 Å². The Balaban J connectivity index is 2.13. The lowest BCUT2D eigenvalue weighted by atomic mass is 10.1. The zero-order valence-electron chi connectivity index (χ0n) is 16.1. The second-order valence-corrected chi connectivity index (χ2v) is 6.25. The number of urea groups is 1. The number of carbonyl (C=O) groups excluding carboxylic acids is 3. The molecule has 29 heavy (non-hydrogen) atoms. The molecule has 0 spiro atoms. The molecule has 0 aliphatic carbocycles. The van der Waals surface area contributed by atoms with Crippen molar-refractivity contribution >= 4 is 17.8 Å². The molecule has 0 radical (unpaired) electrons. The lowest BCUT2D eigenvalue weighted by Crippen LogP contribution is -2.42. The summed E-state index contributed by atoms with van der Waals surface area (Å²) in [7, 11) is 0. The average Bonchev–Trinajstić information content (AvgIpc) is 2.93. The Morgan fingerprint density at radius 1 is 1.17 bits per heavy atom. The SMILES string of the molecule is Cc1cc(C(=O)COC(=O)[C@H](C)NC(N)=O)c(C)n1-c1ccc(OC(F)F)cc1. The Labute approximate surface area is 165 Å². The number of aromatic nitrogens is 1. The van der Waals surface area contributed by atoms with Gasteiger partial charge >= 0.3 is 18.6 Å².